The summed E-state index contributed by atoms with van der Waals surface area (Å²) in [6.07, 6.45) is 6.73. The van der Waals surface area contributed by atoms with Crippen LogP contribution >= 0.6 is 0 Å². The summed E-state index contributed by atoms with van der Waals surface area (Å²) in [5.41, 5.74) is 13.2. The van der Waals surface area contributed by atoms with Crippen LogP contribution < -0.4 is 0 Å². The van der Waals surface area contributed by atoms with E-state index in [0.29, 0.717) is 29.3 Å². The van der Waals surface area contributed by atoms with Gasteiger partial charge in [-0.15, -0.1) is 0 Å². The van der Waals surface area contributed by atoms with Crippen LogP contribution in [0.25, 0.3) is 45.3 Å². The fraction of sp³-hybridized carbons (Fsp3) is 0.196. The Morgan fingerprint density at radius 3 is 1.27 bits per heavy atom. The van der Waals surface area contributed by atoms with Gasteiger partial charge in [-0.05, 0) is 106 Å². The smallest absolute Gasteiger partial charge is 0.164 e. The molecule has 0 amide bonds. The van der Waals surface area contributed by atoms with E-state index in [1.54, 1.807) is 5.56 Å². The Bertz CT molecular complexity index is 2750. The quantitative estimate of drug-likeness (QED) is 0.169. The van der Waals surface area contributed by atoms with Crippen LogP contribution in [0.5, 0.6) is 0 Å². The van der Waals surface area contributed by atoms with Crippen LogP contribution in [0.1, 0.15) is 65.5 Å². The molecule has 0 unspecified atom stereocenters. The maximum atomic E-state index is 5.34. The Hall–Kier alpha value is -6.45. The van der Waals surface area contributed by atoms with Crippen molar-refractivity contribution < 1.29 is 0 Å². The van der Waals surface area contributed by atoms with Crippen LogP contribution in [0.2, 0.25) is 0 Å². The predicted molar refractivity (Wildman–Crippen MR) is 238 cm³/mol. The van der Waals surface area contributed by atoms with Gasteiger partial charge in [0.2, 0.25) is 0 Å². The van der Waals surface area contributed by atoms with E-state index in [9.17, 15) is 0 Å². The van der Waals surface area contributed by atoms with E-state index >= 15 is 0 Å². The van der Waals surface area contributed by atoms with E-state index < -0.39 is 5.41 Å². The molecule has 284 valence electrons. The molecule has 5 aliphatic carbocycles. The Balaban J connectivity index is 1.12. The van der Waals surface area contributed by atoms with Crippen LogP contribution in [-0.2, 0) is 10.8 Å². The Morgan fingerprint density at radius 1 is 0.322 bits per heavy atom. The molecule has 1 spiro atoms. The summed E-state index contributed by atoms with van der Waals surface area (Å²) >= 11 is 0. The van der Waals surface area contributed by atoms with Gasteiger partial charge in [0.05, 0.1) is 5.41 Å². The number of benzene rings is 7. The van der Waals surface area contributed by atoms with E-state index in [1.165, 1.54) is 71.0 Å². The lowest BCUT2D eigenvalue weighted by molar-refractivity contribution is -0.0440. The van der Waals surface area contributed by atoms with Crippen molar-refractivity contribution in [3.8, 4) is 45.3 Å². The maximum absolute atomic E-state index is 5.34. The second-order valence-electron chi connectivity index (χ2n) is 17.6. The lowest BCUT2D eigenvalue weighted by Gasteiger charge is -2.65. The second-order valence-corrected chi connectivity index (χ2v) is 17.6. The standard InChI is InChI=1S/C56H45N3/c1-5-15-39(16-6-1)40-25-27-42(28-26-40)53-57-52(41-17-7-2-8-18-41)58-54(59-53)43-29-30-50-51(36-43)55(44-19-9-3-10-20-44,45-21-11-4-12-22-45)48-23-13-14-24-49(48)56(50)46-32-37-31-38(34-46)35-47(56)33-37/h1-30,36-38,46-47H,31-35H2. The van der Waals surface area contributed by atoms with Crippen molar-refractivity contribution in [3.63, 3.8) is 0 Å². The highest BCUT2D eigenvalue weighted by atomic mass is 15.0. The highest BCUT2D eigenvalue weighted by molar-refractivity contribution is 5.76. The van der Waals surface area contributed by atoms with Crippen molar-refractivity contribution in [2.45, 2.75) is 42.9 Å². The number of rotatable bonds is 6. The largest absolute Gasteiger partial charge is 0.208 e. The number of hydrogen-bond acceptors (Lipinski definition) is 3. The molecule has 5 aliphatic rings. The molecular weight excluding hydrogens is 715 g/mol. The van der Waals surface area contributed by atoms with Gasteiger partial charge in [-0.25, -0.2) is 15.0 Å². The second kappa shape index (κ2) is 13.6. The monoisotopic (exact) mass is 759 g/mol. The third-order valence-corrected chi connectivity index (χ3v) is 14.7. The zero-order valence-electron chi connectivity index (χ0n) is 33.1. The van der Waals surface area contributed by atoms with Gasteiger partial charge >= 0.3 is 0 Å². The summed E-state index contributed by atoms with van der Waals surface area (Å²) in [5, 5.41) is 0. The van der Waals surface area contributed by atoms with Gasteiger partial charge in [0.25, 0.3) is 0 Å². The van der Waals surface area contributed by atoms with Crippen molar-refractivity contribution in [1.29, 1.82) is 0 Å². The first kappa shape index (κ1) is 34.6. The van der Waals surface area contributed by atoms with Crippen molar-refractivity contribution in [2.24, 2.45) is 23.7 Å². The molecule has 0 radical (unpaired) electrons. The molecule has 4 fully saturated rings. The van der Waals surface area contributed by atoms with E-state index in [-0.39, 0.29) is 5.41 Å². The van der Waals surface area contributed by atoms with Crippen molar-refractivity contribution in [3.05, 3.63) is 221 Å². The molecular formula is C56H45N3. The lowest BCUT2D eigenvalue weighted by atomic mass is 9.38. The molecule has 1 aromatic heterocycles. The third-order valence-electron chi connectivity index (χ3n) is 14.7. The fourth-order valence-corrected chi connectivity index (χ4v) is 12.6. The molecule has 7 aromatic carbocycles. The minimum absolute atomic E-state index is 0.0368. The van der Waals surface area contributed by atoms with Gasteiger partial charge < -0.3 is 0 Å². The van der Waals surface area contributed by atoms with E-state index in [2.05, 4.69) is 182 Å². The predicted octanol–water partition coefficient (Wildman–Crippen LogP) is 13.0. The lowest BCUT2D eigenvalue weighted by Crippen LogP contribution is -2.59. The van der Waals surface area contributed by atoms with Gasteiger partial charge in [0.15, 0.2) is 17.5 Å². The first-order valence-electron chi connectivity index (χ1n) is 21.5. The zero-order chi connectivity index (χ0) is 39.0. The number of fused-ring (bicyclic) bond motifs is 2. The van der Waals surface area contributed by atoms with Crippen molar-refractivity contribution >= 4 is 0 Å². The van der Waals surface area contributed by atoms with Crippen LogP contribution in [-0.4, -0.2) is 15.0 Å². The van der Waals surface area contributed by atoms with Gasteiger partial charge in [-0.2, -0.15) is 0 Å². The zero-order valence-corrected chi connectivity index (χ0v) is 33.1. The highest BCUT2D eigenvalue weighted by Crippen LogP contribution is 2.70. The molecule has 13 rings (SSSR count). The minimum Gasteiger partial charge on any atom is -0.208 e. The molecule has 0 aliphatic heterocycles. The van der Waals surface area contributed by atoms with Crippen molar-refractivity contribution in [1.82, 2.24) is 15.0 Å². The van der Waals surface area contributed by atoms with Crippen LogP contribution in [0.15, 0.2) is 188 Å². The molecule has 4 saturated carbocycles. The number of hydrogen-bond donors (Lipinski definition) is 0. The summed E-state index contributed by atoms with van der Waals surface area (Å²) < 4.78 is 0. The Kier molecular flexibility index (Phi) is 7.95. The van der Waals surface area contributed by atoms with Gasteiger partial charge in [0.1, 0.15) is 0 Å². The third kappa shape index (κ3) is 5.23. The topological polar surface area (TPSA) is 38.7 Å². The molecule has 4 bridgehead atoms. The Labute approximate surface area is 346 Å². The minimum atomic E-state index is -0.546. The summed E-state index contributed by atoms with van der Waals surface area (Å²) in [6, 6.07) is 69.0. The maximum Gasteiger partial charge on any atom is 0.164 e. The first-order chi connectivity index (χ1) is 29.2. The molecule has 8 aromatic rings. The van der Waals surface area contributed by atoms with Crippen LogP contribution in [0, 0.1) is 23.7 Å². The highest BCUT2D eigenvalue weighted by Gasteiger charge is 2.63. The SMILES string of the molecule is c1ccc(-c2ccc(-c3nc(-c4ccccc4)nc(-c4ccc5c(c4)C(c4ccccc4)(c4ccccc4)c4ccccc4C54C5CC6CC(C5)CC4C6)n3)cc2)cc1. The molecule has 59 heavy (non-hydrogen) atoms. The summed E-state index contributed by atoms with van der Waals surface area (Å²) in [7, 11) is 0. The van der Waals surface area contributed by atoms with E-state index in [1.807, 2.05) is 6.07 Å². The molecule has 1 heterocycles. The molecule has 0 N–H and O–H groups in total. The number of nitrogens with zero attached hydrogens (tertiary/aromatic N) is 3. The molecule has 0 atom stereocenters. The summed E-state index contributed by atoms with van der Waals surface area (Å²) in [5.74, 6) is 5.01. The average Bonchev–Trinajstić information content (AvgIpc) is 3.31. The van der Waals surface area contributed by atoms with Gasteiger partial charge in [-0.3, -0.25) is 0 Å². The van der Waals surface area contributed by atoms with Crippen LogP contribution in [0.3, 0.4) is 0 Å². The number of aromatic nitrogens is 3. The van der Waals surface area contributed by atoms with Gasteiger partial charge in [0, 0.05) is 22.1 Å². The first-order valence-corrected chi connectivity index (χ1v) is 21.5. The van der Waals surface area contributed by atoms with Crippen molar-refractivity contribution in [2.75, 3.05) is 0 Å². The molecule has 0 saturated heterocycles. The molecule has 3 heteroatoms. The summed E-state index contributed by atoms with van der Waals surface area (Å²) in [6.45, 7) is 0. The van der Waals surface area contributed by atoms with E-state index in [0.717, 1.165) is 28.5 Å². The normalized spacial score (nSPS) is 23.1. The van der Waals surface area contributed by atoms with E-state index in [4.69, 9.17) is 15.0 Å². The molecule has 3 nitrogen and oxygen atoms in total. The van der Waals surface area contributed by atoms with Crippen LogP contribution in [0.4, 0.5) is 0 Å². The summed E-state index contributed by atoms with van der Waals surface area (Å²) in [4.78, 5) is 15.8. The Morgan fingerprint density at radius 2 is 0.712 bits per heavy atom. The fourth-order valence-electron chi connectivity index (χ4n) is 12.6. The average molecular weight is 760 g/mol. The van der Waals surface area contributed by atoms with Gasteiger partial charge in [-0.1, -0.05) is 182 Å².